The molecule has 0 spiro atoms. The standard InChI is InChI=1S/C27H29ClN6O2/c1-29-23(35)17-36-21-9-7-19(8-10-21)26-32-25-24(22(28)15-30-27(25)33-26)31-20-11-13-34(14-12-20)16-18-5-3-2-4-6-18/h2-10,15,20H,11-14,16-17H2,1H3,(H,29,35)(H2,30,31,32,33). The molecular formula is C27H29ClN6O2. The number of pyridine rings is 1. The van der Waals surface area contributed by atoms with E-state index in [-0.39, 0.29) is 12.5 Å². The molecule has 1 saturated heterocycles. The number of benzene rings is 2. The van der Waals surface area contributed by atoms with Crippen LogP contribution in [0.15, 0.2) is 60.8 Å². The molecule has 8 nitrogen and oxygen atoms in total. The molecule has 2 aromatic carbocycles. The van der Waals surface area contributed by atoms with Gasteiger partial charge in [0.1, 0.15) is 17.1 Å². The Morgan fingerprint density at radius 2 is 1.89 bits per heavy atom. The topological polar surface area (TPSA) is 95.2 Å². The van der Waals surface area contributed by atoms with Gasteiger partial charge in [-0.2, -0.15) is 0 Å². The number of carbonyl (C=O) groups excluding carboxylic acids is 1. The molecule has 3 N–H and O–H groups in total. The third-order valence-electron chi connectivity index (χ3n) is 6.44. The molecule has 1 aliphatic rings. The number of ether oxygens (including phenoxy) is 1. The molecule has 1 fully saturated rings. The van der Waals surface area contributed by atoms with E-state index in [4.69, 9.17) is 16.3 Å². The Hall–Kier alpha value is -3.62. The maximum atomic E-state index is 11.4. The molecule has 5 rings (SSSR count). The maximum Gasteiger partial charge on any atom is 0.257 e. The Balaban J connectivity index is 1.26. The number of anilines is 1. The Morgan fingerprint density at radius 1 is 1.14 bits per heavy atom. The van der Waals surface area contributed by atoms with Gasteiger partial charge in [-0.15, -0.1) is 0 Å². The second-order valence-corrected chi connectivity index (χ2v) is 9.34. The summed E-state index contributed by atoms with van der Waals surface area (Å²) < 4.78 is 5.48. The van der Waals surface area contributed by atoms with Gasteiger partial charge in [0.25, 0.3) is 5.91 Å². The number of nitrogens with zero attached hydrogens (tertiary/aromatic N) is 3. The number of hydrogen-bond acceptors (Lipinski definition) is 6. The van der Waals surface area contributed by atoms with E-state index < -0.39 is 0 Å². The monoisotopic (exact) mass is 504 g/mol. The van der Waals surface area contributed by atoms with Gasteiger partial charge in [-0.1, -0.05) is 41.9 Å². The summed E-state index contributed by atoms with van der Waals surface area (Å²) in [6.45, 7) is 3.01. The highest BCUT2D eigenvalue weighted by atomic mass is 35.5. The summed E-state index contributed by atoms with van der Waals surface area (Å²) in [6.07, 6.45) is 3.72. The molecule has 0 saturated carbocycles. The Morgan fingerprint density at radius 3 is 2.61 bits per heavy atom. The van der Waals surface area contributed by atoms with Crippen molar-refractivity contribution in [1.29, 1.82) is 0 Å². The molecule has 1 aliphatic heterocycles. The Labute approximate surface area is 215 Å². The smallest absolute Gasteiger partial charge is 0.257 e. The number of carbonyl (C=O) groups is 1. The molecule has 3 heterocycles. The minimum Gasteiger partial charge on any atom is -0.484 e. The van der Waals surface area contributed by atoms with Gasteiger partial charge in [0.15, 0.2) is 12.3 Å². The van der Waals surface area contributed by atoms with Crippen LogP contribution in [0.1, 0.15) is 18.4 Å². The summed E-state index contributed by atoms with van der Waals surface area (Å²) in [7, 11) is 1.58. The zero-order valence-corrected chi connectivity index (χ0v) is 20.9. The van der Waals surface area contributed by atoms with E-state index >= 15 is 0 Å². The molecule has 36 heavy (non-hydrogen) atoms. The maximum absolute atomic E-state index is 11.4. The van der Waals surface area contributed by atoms with Crippen molar-refractivity contribution in [3.05, 3.63) is 71.4 Å². The van der Waals surface area contributed by atoms with Crippen LogP contribution in [0.25, 0.3) is 22.6 Å². The zero-order valence-electron chi connectivity index (χ0n) is 20.1. The van der Waals surface area contributed by atoms with Crippen LogP contribution in [0, 0.1) is 0 Å². The average molecular weight is 505 g/mol. The van der Waals surface area contributed by atoms with Crippen LogP contribution < -0.4 is 15.4 Å². The van der Waals surface area contributed by atoms with Crippen molar-refractivity contribution in [2.75, 3.05) is 32.1 Å². The van der Waals surface area contributed by atoms with Crippen molar-refractivity contribution < 1.29 is 9.53 Å². The minimum atomic E-state index is -0.179. The predicted octanol–water partition coefficient (Wildman–Crippen LogP) is 4.48. The summed E-state index contributed by atoms with van der Waals surface area (Å²) in [5.41, 5.74) is 4.48. The van der Waals surface area contributed by atoms with E-state index in [0.29, 0.717) is 28.3 Å². The lowest BCUT2D eigenvalue weighted by atomic mass is 10.0. The second kappa shape index (κ2) is 11.0. The molecule has 0 atom stereocenters. The van der Waals surface area contributed by atoms with Gasteiger partial charge in [0.05, 0.1) is 16.9 Å². The number of nitrogens with one attached hydrogen (secondary N) is 3. The van der Waals surface area contributed by atoms with Gasteiger partial charge in [-0.05, 0) is 42.7 Å². The van der Waals surface area contributed by atoms with E-state index in [1.807, 2.05) is 24.3 Å². The van der Waals surface area contributed by atoms with Crippen LogP contribution in [0.5, 0.6) is 5.75 Å². The molecular weight excluding hydrogens is 476 g/mol. The van der Waals surface area contributed by atoms with Gasteiger partial charge < -0.3 is 20.4 Å². The van der Waals surface area contributed by atoms with Crippen molar-refractivity contribution in [3.63, 3.8) is 0 Å². The molecule has 1 amide bonds. The first kappa shape index (κ1) is 24.1. The number of hydrogen-bond donors (Lipinski definition) is 3. The molecule has 0 aliphatic carbocycles. The van der Waals surface area contributed by atoms with E-state index in [9.17, 15) is 4.79 Å². The highest BCUT2D eigenvalue weighted by Crippen LogP contribution is 2.32. The fourth-order valence-corrected chi connectivity index (χ4v) is 4.62. The van der Waals surface area contributed by atoms with Crippen LogP contribution >= 0.6 is 11.6 Å². The van der Waals surface area contributed by atoms with Crippen molar-refractivity contribution in [2.24, 2.45) is 0 Å². The van der Waals surface area contributed by atoms with Gasteiger partial charge in [0.2, 0.25) is 0 Å². The van der Waals surface area contributed by atoms with Crippen LogP contribution in [0.2, 0.25) is 5.02 Å². The number of rotatable bonds is 8. The molecule has 186 valence electrons. The van der Waals surface area contributed by atoms with E-state index in [1.165, 1.54) is 5.56 Å². The first-order chi connectivity index (χ1) is 17.6. The van der Waals surface area contributed by atoms with Gasteiger partial charge in [-0.25, -0.2) is 9.97 Å². The lowest BCUT2D eigenvalue weighted by Gasteiger charge is -2.33. The van der Waals surface area contributed by atoms with E-state index in [2.05, 4.69) is 60.8 Å². The number of likely N-dealkylation sites (tertiary alicyclic amines) is 1. The quantitative estimate of drug-likeness (QED) is 0.327. The summed E-state index contributed by atoms with van der Waals surface area (Å²) in [4.78, 5) is 26.4. The van der Waals surface area contributed by atoms with Gasteiger partial charge in [0, 0.05) is 38.3 Å². The van der Waals surface area contributed by atoms with Crippen LogP contribution in [-0.2, 0) is 11.3 Å². The van der Waals surface area contributed by atoms with Crippen molar-refractivity contribution in [1.82, 2.24) is 25.2 Å². The Bertz CT molecular complexity index is 1320. The first-order valence-corrected chi connectivity index (χ1v) is 12.5. The Kier molecular flexibility index (Phi) is 7.34. The fourth-order valence-electron chi connectivity index (χ4n) is 4.42. The fraction of sp³-hybridized carbons (Fsp3) is 0.296. The minimum absolute atomic E-state index is 0.0247. The zero-order chi connectivity index (χ0) is 24.9. The molecule has 4 aromatic rings. The number of likely N-dealkylation sites (N-methyl/N-ethyl adjacent to an activating group) is 1. The van der Waals surface area contributed by atoms with Gasteiger partial charge >= 0.3 is 0 Å². The highest BCUT2D eigenvalue weighted by molar-refractivity contribution is 6.34. The van der Waals surface area contributed by atoms with Crippen LogP contribution in [0.4, 0.5) is 5.69 Å². The third-order valence-corrected chi connectivity index (χ3v) is 6.72. The van der Waals surface area contributed by atoms with Crippen molar-refractivity contribution >= 4 is 34.4 Å². The lowest BCUT2D eigenvalue weighted by Crippen LogP contribution is -2.38. The third kappa shape index (κ3) is 5.61. The summed E-state index contributed by atoms with van der Waals surface area (Å²) in [5.74, 6) is 1.13. The number of H-pyrrole nitrogens is 1. The van der Waals surface area contributed by atoms with Crippen LogP contribution in [0.3, 0.4) is 0 Å². The number of fused-ring (bicyclic) bond motifs is 1. The molecule has 0 unspecified atom stereocenters. The average Bonchev–Trinajstić information content (AvgIpc) is 3.35. The predicted molar refractivity (Wildman–Crippen MR) is 142 cm³/mol. The number of piperidine rings is 1. The van der Waals surface area contributed by atoms with Crippen LogP contribution in [-0.4, -0.2) is 58.5 Å². The number of aromatic nitrogens is 3. The highest BCUT2D eigenvalue weighted by Gasteiger charge is 2.22. The number of imidazole rings is 1. The molecule has 2 aromatic heterocycles. The second-order valence-electron chi connectivity index (χ2n) is 8.93. The largest absolute Gasteiger partial charge is 0.484 e. The van der Waals surface area contributed by atoms with E-state index in [0.717, 1.165) is 49.2 Å². The molecule has 0 radical (unpaired) electrons. The molecule has 9 heteroatoms. The lowest BCUT2D eigenvalue weighted by molar-refractivity contribution is -0.122. The molecule has 0 bridgehead atoms. The SMILES string of the molecule is CNC(=O)COc1ccc(-c2nc3ncc(Cl)c(NC4CCN(Cc5ccccc5)CC4)c3[nH]2)cc1. The first-order valence-electron chi connectivity index (χ1n) is 12.1. The normalized spacial score (nSPS) is 14.6. The summed E-state index contributed by atoms with van der Waals surface area (Å²) in [5, 5.41) is 6.76. The number of amides is 1. The van der Waals surface area contributed by atoms with Gasteiger partial charge in [-0.3, -0.25) is 9.69 Å². The van der Waals surface area contributed by atoms with E-state index in [1.54, 1.807) is 13.2 Å². The summed E-state index contributed by atoms with van der Waals surface area (Å²) >= 11 is 6.57. The van der Waals surface area contributed by atoms with Crippen molar-refractivity contribution in [3.8, 4) is 17.1 Å². The summed E-state index contributed by atoms with van der Waals surface area (Å²) in [6, 6.07) is 18.3. The number of aromatic amines is 1. The number of halogens is 1. The van der Waals surface area contributed by atoms with Crippen molar-refractivity contribution in [2.45, 2.75) is 25.4 Å².